The number of carbonyl (C=O) groups is 2. The minimum atomic E-state index is -4.40. The molecule has 0 aliphatic carbocycles. The van der Waals surface area contributed by atoms with Crippen molar-refractivity contribution in [1.82, 2.24) is 0 Å². The van der Waals surface area contributed by atoms with Gasteiger partial charge in [0.15, 0.2) is 6.10 Å². The molecule has 0 bridgehead atoms. The average molecular weight is 674 g/mol. The highest BCUT2D eigenvalue weighted by Gasteiger charge is 2.25. The van der Waals surface area contributed by atoms with Gasteiger partial charge in [0, 0.05) is 19.4 Å². The van der Waals surface area contributed by atoms with Crippen molar-refractivity contribution >= 4 is 19.8 Å². The largest absolute Gasteiger partial charge is 0.472 e. The zero-order chi connectivity index (χ0) is 34.7. The van der Waals surface area contributed by atoms with Gasteiger partial charge < -0.3 is 20.1 Å². The Bertz CT molecular complexity index is 1130. The summed E-state index contributed by atoms with van der Waals surface area (Å²) in [5, 5.41) is 0. The summed E-state index contributed by atoms with van der Waals surface area (Å²) in [6.45, 7) is 3.24. The average Bonchev–Trinajstić information content (AvgIpc) is 3.05. The van der Waals surface area contributed by atoms with E-state index in [0.717, 1.165) is 32.1 Å². The molecule has 0 aromatic carbocycles. The van der Waals surface area contributed by atoms with E-state index in [0.29, 0.717) is 19.3 Å². The second-order valence-electron chi connectivity index (χ2n) is 10.1. The molecule has 0 spiro atoms. The van der Waals surface area contributed by atoms with Gasteiger partial charge in [-0.1, -0.05) is 130 Å². The molecule has 0 aliphatic rings. The van der Waals surface area contributed by atoms with E-state index >= 15 is 0 Å². The molecule has 0 amide bonds. The van der Waals surface area contributed by atoms with Gasteiger partial charge >= 0.3 is 19.8 Å². The Balaban J connectivity index is 4.55. The molecule has 0 rings (SSSR count). The van der Waals surface area contributed by atoms with Crippen LogP contribution in [0.25, 0.3) is 0 Å². The van der Waals surface area contributed by atoms with Crippen molar-refractivity contribution in [1.29, 1.82) is 0 Å². The Labute approximate surface area is 282 Å². The summed E-state index contributed by atoms with van der Waals surface area (Å²) in [6, 6.07) is 0. The van der Waals surface area contributed by atoms with E-state index in [4.69, 9.17) is 24.3 Å². The zero-order valence-electron chi connectivity index (χ0n) is 28.2. The van der Waals surface area contributed by atoms with Crippen LogP contribution in [0.1, 0.15) is 78.1 Å². The van der Waals surface area contributed by atoms with Gasteiger partial charge in [-0.15, -0.1) is 0 Å². The lowest BCUT2D eigenvalue weighted by molar-refractivity contribution is -0.161. The molecule has 10 heteroatoms. The van der Waals surface area contributed by atoms with Crippen molar-refractivity contribution in [3.63, 3.8) is 0 Å². The predicted molar refractivity (Wildman–Crippen MR) is 191 cm³/mol. The van der Waals surface area contributed by atoms with E-state index in [1.54, 1.807) is 0 Å². The van der Waals surface area contributed by atoms with Crippen LogP contribution < -0.4 is 5.73 Å². The number of rotatable bonds is 28. The Morgan fingerprint density at radius 1 is 0.638 bits per heavy atom. The third kappa shape index (κ3) is 32.4. The molecule has 262 valence electrons. The molecule has 47 heavy (non-hydrogen) atoms. The molecular formula is C37H56NO8P. The summed E-state index contributed by atoms with van der Waals surface area (Å²) in [5.41, 5.74) is 5.30. The molecule has 0 radical (unpaired) electrons. The molecule has 2 atom stereocenters. The number of hydrogen-bond acceptors (Lipinski definition) is 8. The maximum absolute atomic E-state index is 12.4. The number of ether oxygens (including phenoxy) is 2. The fourth-order valence-electron chi connectivity index (χ4n) is 3.49. The van der Waals surface area contributed by atoms with Gasteiger partial charge in [-0.2, -0.15) is 0 Å². The fraction of sp³-hybridized carbons (Fsp3) is 0.459. The van der Waals surface area contributed by atoms with Crippen LogP contribution in [0.3, 0.4) is 0 Å². The predicted octanol–water partition coefficient (Wildman–Crippen LogP) is 8.48. The van der Waals surface area contributed by atoms with Crippen LogP contribution in [0.5, 0.6) is 0 Å². The number of nitrogens with two attached hydrogens (primary N) is 1. The minimum Gasteiger partial charge on any atom is -0.462 e. The Hall–Kier alpha value is -3.33. The Morgan fingerprint density at radius 3 is 1.66 bits per heavy atom. The highest BCUT2D eigenvalue weighted by Crippen LogP contribution is 2.43. The fourth-order valence-corrected chi connectivity index (χ4v) is 4.26. The Morgan fingerprint density at radius 2 is 1.13 bits per heavy atom. The van der Waals surface area contributed by atoms with Crippen LogP contribution in [0.4, 0.5) is 0 Å². The zero-order valence-corrected chi connectivity index (χ0v) is 29.1. The monoisotopic (exact) mass is 673 g/mol. The maximum Gasteiger partial charge on any atom is 0.472 e. The summed E-state index contributed by atoms with van der Waals surface area (Å²) >= 11 is 0. The van der Waals surface area contributed by atoms with E-state index in [9.17, 15) is 19.0 Å². The lowest BCUT2D eigenvalue weighted by atomic mass is 10.1. The molecule has 0 saturated heterocycles. The van der Waals surface area contributed by atoms with Gasteiger partial charge in [0.1, 0.15) is 6.61 Å². The highest BCUT2D eigenvalue weighted by molar-refractivity contribution is 7.47. The summed E-state index contributed by atoms with van der Waals surface area (Å²) in [6.07, 6.45) is 41.4. The van der Waals surface area contributed by atoms with Crippen molar-refractivity contribution in [3.8, 4) is 0 Å². The number of esters is 2. The minimum absolute atomic E-state index is 0.0291. The second kappa shape index (κ2) is 32.6. The van der Waals surface area contributed by atoms with E-state index in [-0.39, 0.29) is 32.6 Å². The van der Waals surface area contributed by atoms with Gasteiger partial charge in [-0.05, 0) is 44.9 Å². The number of phosphoric acid groups is 1. The number of unbranched alkanes of at least 4 members (excludes halogenated alkanes) is 4. The van der Waals surface area contributed by atoms with Gasteiger partial charge in [0.2, 0.25) is 0 Å². The first-order valence-electron chi connectivity index (χ1n) is 16.5. The van der Waals surface area contributed by atoms with Crippen LogP contribution >= 0.6 is 7.82 Å². The van der Waals surface area contributed by atoms with E-state index in [2.05, 4.69) is 32.1 Å². The summed E-state index contributed by atoms with van der Waals surface area (Å²) in [7, 11) is -4.40. The summed E-state index contributed by atoms with van der Waals surface area (Å²) in [5.74, 6) is -0.981. The smallest absolute Gasteiger partial charge is 0.462 e. The normalized spacial score (nSPS) is 14.9. The summed E-state index contributed by atoms with van der Waals surface area (Å²) in [4.78, 5) is 34.5. The van der Waals surface area contributed by atoms with E-state index in [1.165, 1.54) is 0 Å². The van der Waals surface area contributed by atoms with Crippen LogP contribution in [0.2, 0.25) is 0 Å². The lowest BCUT2D eigenvalue weighted by Crippen LogP contribution is -2.29. The summed E-state index contributed by atoms with van der Waals surface area (Å²) < 4.78 is 32.4. The molecule has 0 fully saturated rings. The van der Waals surface area contributed by atoms with E-state index in [1.807, 2.05) is 91.1 Å². The molecule has 2 unspecified atom stereocenters. The van der Waals surface area contributed by atoms with E-state index < -0.39 is 32.5 Å². The third-order valence-corrected chi connectivity index (χ3v) is 6.86. The van der Waals surface area contributed by atoms with Crippen LogP contribution in [-0.2, 0) is 32.7 Å². The second-order valence-corrected chi connectivity index (χ2v) is 11.6. The molecule has 3 N–H and O–H groups in total. The number of hydrogen-bond donors (Lipinski definition) is 2. The lowest BCUT2D eigenvalue weighted by Gasteiger charge is -2.19. The van der Waals surface area contributed by atoms with Crippen LogP contribution in [0.15, 0.2) is 109 Å². The molecule has 9 nitrogen and oxygen atoms in total. The molecule has 0 aromatic rings. The molecular weight excluding hydrogens is 617 g/mol. The number of allylic oxidation sites excluding steroid dienone is 18. The Kier molecular flexibility index (Phi) is 30.3. The first-order chi connectivity index (χ1) is 22.8. The van der Waals surface area contributed by atoms with Gasteiger partial charge in [-0.3, -0.25) is 18.6 Å². The van der Waals surface area contributed by atoms with Crippen molar-refractivity contribution < 1.29 is 37.6 Å². The SMILES string of the molecule is CC/C=C/C=C/C=C/C=C/C=C/CCCC(=O)OC(COC(=O)CCCCC/C=C/C=C/C=C/C=C/CC)COP(=O)(O)OCCN. The first kappa shape index (κ1) is 43.7. The standard InChI is InChI=1S/C37H56NO8P/c1-3-5-7-9-11-13-15-17-19-21-23-25-27-29-36(39)43-33-35(34-45-47(41,42)44-32-31-38)46-37(40)30-28-26-24-22-20-18-16-14-12-10-8-6-4-2/h5-20,22,24,35H,3-4,21,23,25-34,38H2,1-2H3,(H,41,42)/b7-5+,8-6+,11-9+,12-10+,15-13+,16-14+,19-17+,20-18+,24-22+. The van der Waals surface area contributed by atoms with Crippen molar-refractivity contribution in [2.75, 3.05) is 26.4 Å². The maximum atomic E-state index is 12.4. The third-order valence-electron chi connectivity index (χ3n) is 5.88. The number of carbonyl (C=O) groups excluding carboxylic acids is 2. The molecule has 0 saturated carbocycles. The molecule has 0 aliphatic heterocycles. The molecule has 0 heterocycles. The van der Waals surface area contributed by atoms with Crippen molar-refractivity contribution in [2.45, 2.75) is 84.2 Å². The van der Waals surface area contributed by atoms with Gasteiger partial charge in [0.25, 0.3) is 0 Å². The number of phosphoric ester groups is 1. The molecule has 0 aromatic heterocycles. The first-order valence-corrected chi connectivity index (χ1v) is 18.0. The van der Waals surface area contributed by atoms with Crippen LogP contribution in [-0.4, -0.2) is 49.3 Å². The highest BCUT2D eigenvalue weighted by atomic mass is 31.2. The van der Waals surface area contributed by atoms with Crippen LogP contribution in [0, 0.1) is 0 Å². The van der Waals surface area contributed by atoms with Gasteiger partial charge in [0.05, 0.1) is 13.2 Å². The quantitative estimate of drug-likeness (QED) is 0.0363. The van der Waals surface area contributed by atoms with Gasteiger partial charge in [-0.25, -0.2) is 4.57 Å². The van der Waals surface area contributed by atoms with Crippen molar-refractivity contribution in [3.05, 3.63) is 109 Å². The van der Waals surface area contributed by atoms with Crippen molar-refractivity contribution in [2.24, 2.45) is 5.73 Å². The topological polar surface area (TPSA) is 134 Å².